The highest BCUT2D eigenvalue weighted by Gasteiger charge is 2.39. The smallest absolute Gasteiger partial charge is 0.281 e. The predicted molar refractivity (Wildman–Crippen MR) is 119 cm³/mol. The van der Waals surface area contributed by atoms with Crippen LogP contribution in [0.1, 0.15) is 16.7 Å². The molecular formula is C22H18BrClN2O4. The third kappa shape index (κ3) is 4.18. The minimum absolute atomic E-state index is 0.0483. The van der Waals surface area contributed by atoms with Gasteiger partial charge in [-0.05, 0) is 33.1 Å². The number of nitrogens with zero attached hydrogens (tertiary/aromatic N) is 1. The van der Waals surface area contributed by atoms with Crippen molar-refractivity contribution in [2.45, 2.75) is 5.60 Å². The molecule has 0 radical (unpaired) electrons. The van der Waals surface area contributed by atoms with Crippen molar-refractivity contribution in [1.82, 2.24) is 5.43 Å². The van der Waals surface area contributed by atoms with Crippen molar-refractivity contribution in [3.8, 4) is 11.5 Å². The molecule has 8 heteroatoms. The molecule has 0 aromatic heterocycles. The van der Waals surface area contributed by atoms with Crippen LogP contribution in [0, 0.1) is 0 Å². The van der Waals surface area contributed by atoms with Crippen LogP contribution in [0.4, 0.5) is 0 Å². The first kappa shape index (κ1) is 21.8. The zero-order valence-corrected chi connectivity index (χ0v) is 18.2. The third-order valence-corrected chi connectivity index (χ3v) is 5.93. The van der Waals surface area contributed by atoms with Crippen LogP contribution < -0.4 is 10.2 Å². The Hall–Kier alpha value is -2.87. The van der Waals surface area contributed by atoms with Gasteiger partial charge >= 0.3 is 0 Å². The molecule has 3 aromatic carbocycles. The summed E-state index contributed by atoms with van der Waals surface area (Å²) in [4.78, 5) is 13.0. The maximum absolute atomic E-state index is 13.0. The van der Waals surface area contributed by atoms with E-state index < -0.39 is 11.5 Å². The quantitative estimate of drug-likeness (QED) is 0.357. The van der Waals surface area contributed by atoms with Crippen molar-refractivity contribution in [3.05, 3.63) is 92.9 Å². The van der Waals surface area contributed by atoms with E-state index >= 15 is 0 Å². The second kappa shape index (κ2) is 9.30. The van der Waals surface area contributed by atoms with Crippen molar-refractivity contribution in [2.75, 3.05) is 7.11 Å². The number of benzene rings is 3. The molecule has 154 valence electrons. The number of ether oxygens (including phenoxy) is 1. The molecule has 0 aliphatic heterocycles. The van der Waals surface area contributed by atoms with Gasteiger partial charge in [0.2, 0.25) is 0 Å². The van der Waals surface area contributed by atoms with E-state index in [2.05, 4.69) is 26.5 Å². The number of hydrogen-bond donors (Lipinski definition) is 3. The van der Waals surface area contributed by atoms with Gasteiger partial charge in [-0.3, -0.25) is 4.79 Å². The van der Waals surface area contributed by atoms with Gasteiger partial charge in [0, 0.05) is 10.0 Å². The highest BCUT2D eigenvalue weighted by molar-refractivity contribution is 9.10. The molecule has 0 atom stereocenters. The predicted octanol–water partition coefficient (Wildman–Crippen LogP) is 4.20. The number of hydrazone groups is 1. The maximum atomic E-state index is 13.0. The molecule has 0 aliphatic carbocycles. The number of aromatic hydroxyl groups is 1. The minimum Gasteiger partial charge on any atom is -0.503 e. The number of amides is 1. The van der Waals surface area contributed by atoms with Crippen LogP contribution >= 0.6 is 27.5 Å². The second-order valence-electron chi connectivity index (χ2n) is 6.29. The van der Waals surface area contributed by atoms with E-state index in [4.69, 9.17) is 16.3 Å². The number of carbonyl (C=O) groups is 1. The lowest BCUT2D eigenvalue weighted by Gasteiger charge is -2.27. The first-order valence-electron chi connectivity index (χ1n) is 8.81. The van der Waals surface area contributed by atoms with E-state index in [-0.39, 0.29) is 16.5 Å². The largest absolute Gasteiger partial charge is 0.503 e. The Kier molecular flexibility index (Phi) is 6.77. The minimum atomic E-state index is -1.94. The fraction of sp³-hybridized carbons (Fsp3) is 0.0909. The number of carbonyl (C=O) groups excluding carboxylic acids is 1. The van der Waals surface area contributed by atoms with E-state index in [9.17, 15) is 15.0 Å². The first-order chi connectivity index (χ1) is 14.4. The van der Waals surface area contributed by atoms with Crippen LogP contribution in [-0.4, -0.2) is 29.4 Å². The molecule has 6 nitrogen and oxygen atoms in total. The number of nitrogens with one attached hydrogen (secondary N) is 1. The summed E-state index contributed by atoms with van der Waals surface area (Å²) in [5.74, 6) is -0.792. The lowest BCUT2D eigenvalue weighted by Crippen LogP contribution is -2.43. The van der Waals surface area contributed by atoms with Crippen molar-refractivity contribution >= 4 is 39.7 Å². The van der Waals surface area contributed by atoms with E-state index in [0.29, 0.717) is 21.2 Å². The van der Waals surface area contributed by atoms with Gasteiger partial charge in [-0.1, -0.05) is 72.3 Å². The molecule has 0 saturated heterocycles. The number of methoxy groups -OCH3 is 1. The molecular weight excluding hydrogens is 472 g/mol. The molecule has 0 bridgehead atoms. The summed E-state index contributed by atoms with van der Waals surface area (Å²) >= 11 is 9.35. The standard InChI is InChI=1S/C22H18BrClN2O4/c1-30-17-12-14(18(23)19(24)20(17)27)13-25-26-21(28)22(29,15-8-4-2-5-9-15)16-10-6-3-7-11-16/h2-13,27,29H,1H3,(H,26,28)/b25-13-. The van der Waals surface area contributed by atoms with Crippen LogP contribution in [0.5, 0.6) is 11.5 Å². The van der Waals surface area contributed by atoms with Gasteiger partial charge in [-0.15, -0.1) is 0 Å². The van der Waals surface area contributed by atoms with Gasteiger partial charge in [0.1, 0.15) is 5.02 Å². The van der Waals surface area contributed by atoms with Gasteiger partial charge < -0.3 is 14.9 Å². The molecule has 1 amide bonds. The SMILES string of the molecule is COc1cc(/C=N\NC(=O)C(O)(c2ccccc2)c2ccccc2)c(Br)c(Cl)c1O. The van der Waals surface area contributed by atoms with Crippen molar-refractivity contribution in [1.29, 1.82) is 0 Å². The summed E-state index contributed by atoms with van der Waals surface area (Å²) < 4.78 is 5.45. The molecule has 0 heterocycles. The molecule has 3 aromatic rings. The van der Waals surface area contributed by atoms with E-state index in [1.165, 1.54) is 19.4 Å². The monoisotopic (exact) mass is 488 g/mol. The first-order valence-corrected chi connectivity index (χ1v) is 9.98. The number of phenols is 1. The summed E-state index contributed by atoms with van der Waals surface area (Å²) in [6.07, 6.45) is 1.33. The Bertz CT molecular complexity index is 1040. The van der Waals surface area contributed by atoms with E-state index in [1.54, 1.807) is 60.7 Å². The van der Waals surface area contributed by atoms with E-state index in [0.717, 1.165) is 0 Å². The van der Waals surface area contributed by atoms with Gasteiger partial charge in [-0.2, -0.15) is 5.10 Å². The van der Waals surface area contributed by atoms with Crippen molar-refractivity contribution in [2.24, 2.45) is 5.10 Å². The van der Waals surface area contributed by atoms with Crippen LogP contribution in [-0.2, 0) is 10.4 Å². The highest BCUT2D eigenvalue weighted by atomic mass is 79.9. The summed E-state index contributed by atoms with van der Waals surface area (Å²) in [6.45, 7) is 0. The normalized spacial score (nSPS) is 11.5. The zero-order chi connectivity index (χ0) is 21.7. The van der Waals surface area contributed by atoms with Crippen LogP contribution in [0.2, 0.25) is 5.02 Å². The van der Waals surface area contributed by atoms with Crippen LogP contribution in [0.15, 0.2) is 76.3 Å². The Morgan fingerprint density at radius 1 is 1.13 bits per heavy atom. The van der Waals surface area contributed by atoms with E-state index in [1.807, 2.05) is 0 Å². The van der Waals surface area contributed by atoms with Crippen molar-refractivity contribution in [3.63, 3.8) is 0 Å². The molecule has 0 saturated carbocycles. The Balaban J connectivity index is 1.92. The number of phenolic OH excluding ortho intramolecular Hbond substituents is 1. The molecule has 30 heavy (non-hydrogen) atoms. The van der Waals surface area contributed by atoms with Gasteiger partial charge in [0.05, 0.1) is 13.3 Å². The summed E-state index contributed by atoms with van der Waals surface area (Å²) in [5, 5.41) is 25.3. The number of aliphatic hydroxyl groups is 1. The van der Waals surface area contributed by atoms with Gasteiger partial charge in [-0.25, -0.2) is 5.43 Å². The highest BCUT2D eigenvalue weighted by Crippen LogP contribution is 2.41. The number of rotatable bonds is 6. The molecule has 0 unspecified atom stereocenters. The Morgan fingerprint density at radius 2 is 1.67 bits per heavy atom. The average molecular weight is 490 g/mol. The Morgan fingerprint density at radius 3 is 2.17 bits per heavy atom. The maximum Gasteiger partial charge on any atom is 0.281 e. The number of hydrogen-bond acceptors (Lipinski definition) is 5. The zero-order valence-electron chi connectivity index (χ0n) is 15.8. The molecule has 3 N–H and O–H groups in total. The molecule has 0 aliphatic rings. The fourth-order valence-corrected chi connectivity index (χ4v) is 3.50. The summed E-state index contributed by atoms with van der Waals surface area (Å²) in [5.41, 5.74) is 1.70. The van der Waals surface area contributed by atoms with Crippen molar-refractivity contribution < 1.29 is 19.7 Å². The lowest BCUT2D eigenvalue weighted by atomic mass is 9.85. The van der Waals surface area contributed by atoms with Crippen LogP contribution in [0.3, 0.4) is 0 Å². The number of halogens is 2. The Labute approximate surface area is 186 Å². The molecule has 3 rings (SSSR count). The lowest BCUT2D eigenvalue weighted by molar-refractivity contribution is -0.136. The second-order valence-corrected chi connectivity index (χ2v) is 7.46. The average Bonchev–Trinajstić information content (AvgIpc) is 2.79. The van der Waals surface area contributed by atoms with Gasteiger partial charge in [0.15, 0.2) is 17.1 Å². The molecule has 0 spiro atoms. The fourth-order valence-electron chi connectivity index (χ4n) is 2.89. The topological polar surface area (TPSA) is 91.2 Å². The summed E-state index contributed by atoms with van der Waals surface area (Å²) in [7, 11) is 1.39. The summed E-state index contributed by atoms with van der Waals surface area (Å²) in [6, 6.07) is 18.7. The molecule has 0 fully saturated rings. The van der Waals surface area contributed by atoms with Crippen LogP contribution in [0.25, 0.3) is 0 Å². The van der Waals surface area contributed by atoms with Gasteiger partial charge in [0.25, 0.3) is 5.91 Å². The third-order valence-electron chi connectivity index (χ3n) is 4.48.